The number of hydrogen-bond acceptors (Lipinski definition) is 4. The highest BCUT2D eigenvalue weighted by Gasteiger charge is 2.65. The second-order valence-corrected chi connectivity index (χ2v) is 11.3. The topological polar surface area (TPSA) is 69.7 Å². The van der Waals surface area contributed by atoms with E-state index >= 15 is 0 Å². The molecule has 0 aliphatic carbocycles. The molecule has 3 aromatic carbocycles. The van der Waals surface area contributed by atoms with Gasteiger partial charge in [0.05, 0.1) is 4.90 Å². The van der Waals surface area contributed by atoms with Crippen LogP contribution in [0.2, 0.25) is 10.0 Å². The number of para-hydroxylation sites is 1. The summed E-state index contributed by atoms with van der Waals surface area (Å²) in [5.74, 6) is -0.362. The van der Waals surface area contributed by atoms with E-state index in [1.807, 2.05) is 13.0 Å². The first kappa shape index (κ1) is 23.1. The van der Waals surface area contributed by atoms with E-state index in [0.717, 1.165) is 9.87 Å². The fraction of sp³-hybridized carbons (Fsp3) is 0.167. The molecular formula is C24H19Cl2N3O3S2. The molecule has 2 atom stereocenters. The largest absolute Gasteiger partial charge is 0.342 e. The number of rotatable bonds is 3. The van der Waals surface area contributed by atoms with Gasteiger partial charge in [-0.25, -0.2) is 12.7 Å². The average molecular weight is 532 g/mol. The third-order valence-corrected chi connectivity index (χ3v) is 9.18. The van der Waals surface area contributed by atoms with Crippen molar-refractivity contribution in [1.29, 1.82) is 0 Å². The number of likely N-dealkylation sites (N-methyl/N-ethyl adjacent to an activating group) is 1. The van der Waals surface area contributed by atoms with Gasteiger partial charge in [-0.15, -0.1) is 0 Å². The maximum absolute atomic E-state index is 14.0. The van der Waals surface area contributed by atoms with Gasteiger partial charge in [-0.2, -0.15) is 0 Å². The van der Waals surface area contributed by atoms with Gasteiger partial charge in [-0.3, -0.25) is 4.79 Å². The maximum atomic E-state index is 14.0. The number of halogens is 2. The van der Waals surface area contributed by atoms with Gasteiger partial charge in [0.1, 0.15) is 6.04 Å². The van der Waals surface area contributed by atoms with Crippen LogP contribution in [0.4, 0.5) is 5.69 Å². The summed E-state index contributed by atoms with van der Waals surface area (Å²) in [6.45, 7) is 1.86. The van der Waals surface area contributed by atoms with Crippen LogP contribution in [0.25, 0.3) is 0 Å². The molecule has 0 unspecified atom stereocenters. The number of carbonyl (C=O) groups is 1. The van der Waals surface area contributed by atoms with Crippen molar-refractivity contribution in [3.05, 3.63) is 93.5 Å². The molecule has 0 radical (unpaired) electrons. The molecule has 2 aliphatic rings. The minimum atomic E-state index is -4.20. The molecule has 0 bridgehead atoms. The van der Waals surface area contributed by atoms with Crippen LogP contribution in [-0.4, -0.2) is 30.8 Å². The van der Waals surface area contributed by atoms with Crippen LogP contribution in [0.5, 0.6) is 0 Å². The molecule has 34 heavy (non-hydrogen) atoms. The van der Waals surface area contributed by atoms with Crippen molar-refractivity contribution >= 4 is 62.2 Å². The Hall–Kier alpha value is -2.65. The first-order valence-electron chi connectivity index (χ1n) is 10.4. The highest BCUT2D eigenvalue weighted by molar-refractivity contribution is 7.91. The number of nitrogens with zero attached hydrogens (tertiary/aromatic N) is 2. The predicted octanol–water partition coefficient (Wildman–Crippen LogP) is 4.79. The van der Waals surface area contributed by atoms with E-state index in [9.17, 15) is 13.2 Å². The van der Waals surface area contributed by atoms with Crippen molar-refractivity contribution in [2.24, 2.45) is 0 Å². The monoisotopic (exact) mass is 531 g/mol. The Balaban J connectivity index is 1.83. The highest BCUT2D eigenvalue weighted by atomic mass is 35.5. The van der Waals surface area contributed by atoms with Gasteiger partial charge in [-0.1, -0.05) is 65.2 Å². The number of sulfonamides is 1. The lowest BCUT2D eigenvalue weighted by molar-refractivity contribution is -0.124. The van der Waals surface area contributed by atoms with Crippen LogP contribution >= 0.6 is 35.4 Å². The van der Waals surface area contributed by atoms with Crippen molar-refractivity contribution in [3.8, 4) is 0 Å². The van der Waals surface area contributed by atoms with Gasteiger partial charge in [0.25, 0.3) is 15.9 Å². The number of carbonyl (C=O) groups excluding carboxylic acids is 1. The van der Waals surface area contributed by atoms with E-state index in [2.05, 4.69) is 5.32 Å². The summed E-state index contributed by atoms with van der Waals surface area (Å²) in [5.41, 5.74) is 0.893. The zero-order valence-electron chi connectivity index (χ0n) is 18.1. The average Bonchev–Trinajstić information content (AvgIpc) is 3.22. The molecule has 1 fully saturated rings. The summed E-state index contributed by atoms with van der Waals surface area (Å²) in [6, 6.07) is 17.4. The number of benzene rings is 3. The van der Waals surface area contributed by atoms with E-state index in [1.165, 1.54) is 17.0 Å². The summed E-state index contributed by atoms with van der Waals surface area (Å²) in [7, 11) is -2.56. The third kappa shape index (κ3) is 3.09. The smallest absolute Gasteiger partial charge is 0.266 e. The summed E-state index contributed by atoms with van der Waals surface area (Å²) in [4.78, 5) is 15.4. The number of amides is 1. The molecule has 3 aromatic rings. The second-order valence-electron chi connectivity index (χ2n) is 8.27. The molecular weight excluding hydrogens is 513 g/mol. The fourth-order valence-corrected chi connectivity index (χ4v) is 7.41. The van der Waals surface area contributed by atoms with Crippen LogP contribution in [0, 0.1) is 6.92 Å². The van der Waals surface area contributed by atoms with Crippen molar-refractivity contribution in [3.63, 3.8) is 0 Å². The highest BCUT2D eigenvalue weighted by Crippen LogP contribution is 2.55. The molecule has 1 amide bonds. The van der Waals surface area contributed by atoms with Gasteiger partial charge in [0.2, 0.25) is 0 Å². The molecule has 5 rings (SSSR count). The van der Waals surface area contributed by atoms with Crippen LogP contribution in [0.3, 0.4) is 0 Å². The SMILES string of the molecule is Cc1ccc(S(=O)(=O)N2C(=S)N[C@]3(C(=O)N(C)c4ccccc43)[C@H]2c2c(Cl)cccc2Cl)cc1. The van der Waals surface area contributed by atoms with Crippen LogP contribution in [-0.2, 0) is 20.4 Å². The summed E-state index contributed by atoms with van der Waals surface area (Å²) >= 11 is 18.8. The molecule has 1 spiro atoms. The number of aryl methyl sites for hydroxylation is 1. The minimum Gasteiger partial charge on any atom is -0.342 e. The number of fused-ring (bicyclic) bond motifs is 2. The predicted molar refractivity (Wildman–Crippen MR) is 137 cm³/mol. The molecule has 0 saturated carbocycles. The zero-order chi connectivity index (χ0) is 24.4. The Morgan fingerprint density at radius 3 is 2.24 bits per heavy atom. The normalized spacial score (nSPS) is 21.8. The number of nitrogens with one attached hydrogen (secondary N) is 1. The number of thiocarbonyl (C=S) groups is 1. The standard InChI is InChI=1S/C24H19Cl2N3O3S2/c1-14-10-12-15(13-11-14)34(31,32)29-21(20-17(25)7-5-8-18(20)26)24(27-23(29)33)16-6-3-4-9-19(16)28(2)22(24)30/h3-13,21H,1-2H3,(H,27,33)/t21-,24+/m1/s1. The van der Waals surface area contributed by atoms with Crippen LogP contribution in [0.15, 0.2) is 71.6 Å². The van der Waals surface area contributed by atoms with E-state index in [-0.39, 0.29) is 26.0 Å². The molecule has 1 saturated heterocycles. The molecule has 10 heteroatoms. The number of hydrogen-bond donors (Lipinski definition) is 1. The Morgan fingerprint density at radius 1 is 0.971 bits per heavy atom. The van der Waals surface area contributed by atoms with Crippen molar-refractivity contribution in [2.45, 2.75) is 23.4 Å². The molecule has 1 N–H and O–H groups in total. The second kappa shape index (κ2) is 7.95. The molecule has 0 aromatic heterocycles. The lowest BCUT2D eigenvalue weighted by Crippen LogP contribution is -2.50. The first-order valence-corrected chi connectivity index (χ1v) is 13.0. The van der Waals surface area contributed by atoms with E-state index in [4.69, 9.17) is 35.4 Å². The lowest BCUT2D eigenvalue weighted by Gasteiger charge is -2.34. The van der Waals surface area contributed by atoms with Gasteiger partial charge in [0, 0.05) is 33.9 Å². The van der Waals surface area contributed by atoms with Crippen LogP contribution < -0.4 is 10.2 Å². The Bertz CT molecular complexity index is 1440. The lowest BCUT2D eigenvalue weighted by atomic mass is 9.81. The van der Waals surface area contributed by atoms with Crippen molar-refractivity contribution < 1.29 is 13.2 Å². The third-order valence-electron chi connectivity index (χ3n) is 6.33. The molecule has 6 nitrogen and oxygen atoms in total. The summed E-state index contributed by atoms with van der Waals surface area (Å²) in [5, 5.41) is 3.42. The van der Waals surface area contributed by atoms with E-state index in [0.29, 0.717) is 16.8 Å². The Kier molecular flexibility index (Phi) is 5.40. The van der Waals surface area contributed by atoms with E-state index in [1.54, 1.807) is 55.6 Å². The molecule has 2 aliphatic heterocycles. The van der Waals surface area contributed by atoms with Gasteiger partial charge in [0.15, 0.2) is 10.7 Å². The summed E-state index contributed by atoms with van der Waals surface area (Å²) in [6.07, 6.45) is 0. The van der Waals surface area contributed by atoms with Crippen molar-refractivity contribution in [1.82, 2.24) is 9.62 Å². The molecule has 174 valence electrons. The quantitative estimate of drug-likeness (QED) is 0.492. The zero-order valence-corrected chi connectivity index (χ0v) is 21.3. The van der Waals surface area contributed by atoms with Gasteiger partial charge < -0.3 is 10.2 Å². The Morgan fingerprint density at radius 2 is 1.59 bits per heavy atom. The first-order chi connectivity index (χ1) is 16.1. The Labute approximate surface area is 213 Å². The minimum absolute atomic E-state index is 0.0413. The maximum Gasteiger partial charge on any atom is 0.266 e. The van der Waals surface area contributed by atoms with Crippen molar-refractivity contribution in [2.75, 3.05) is 11.9 Å². The summed E-state index contributed by atoms with van der Waals surface area (Å²) < 4.78 is 29.0. The van der Waals surface area contributed by atoms with Gasteiger partial charge in [-0.05, 0) is 49.5 Å². The van der Waals surface area contributed by atoms with E-state index < -0.39 is 21.6 Å². The number of anilines is 1. The van der Waals surface area contributed by atoms with Crippen LogP contribution in [0.1, 0.15) is 22.7 Å². The fourth-order valence-electron chi connectivity index (χ4n) is 4.74. The van der Waals surface area contributed by atoms with Gasteiger partial charge >= 0.3 is 0 Å². The molecule has 2 heterocycles.